The maximum absolute atomic E-state index is 13.5. The van der Waals surface area contributed by atoms with Gasteiger partial charge in [-0.3, -0.25) is 20.4 Å². The van der Waals surface area contributed by atoms with Crippen molar-refractivity contribution in [3.63, 3.8) is 0 Å². The number of halogens is 1. The molecule has 0 saturated carbocycles. The van der Waals surface area contributed by atoms with Crippen molar-refractivity contribution in [2.24, 2.45) is 0 Å². The molecule has 0 radical (unpaired) electrons. The number of nitrogens with one attached hydrogen (secondary N) is 2. The first-order valence-corrected chi connectivity index (χ1v) is 7.47. The first kappa shape index (κ1) is 17.5. The lowest BCUT2D eigenvalue weighted by Crippen LogP contribution is -2.47. The van der Waals surface area contributed by atoms with E-state index in [1.165, 1.54) is 24.3 Å². The summed E-state index contributed by atoms with van der Waals surface area (Å²) < 4.78 is 19.1. The normalized spacial score (nSPS) is 11.5. The molecule has 2 rings (SSSR count). The number of amides is 2. The average molecular weight is 330 g/mol. The van der Waals surface area contributed by atoms with Crippen molar-refractivity contribution in [2.75, 3.05) is 0 Å². The molecule has 0 bridgehead atoms. The van der Waals surface area contributed by atoms with Crippen LogP contribution in [-0.4, -0.2) is 17.9 Å². The van der Waals surface area contributed by atoms with Gasteiger partial charge in [0.05, 0.1) is 5.56 Å². The minimum absolute atomic E-state index is 0.152. The van der Waals surface area contributed by atoms with Crippen LogP contribution in [-0.2, 0) is 4.79 Å². The predicted octanol–water partition coefficient (Wildman–Crippen LogP) is 2.67. The summed E-state index contributed by atoms with van der Waals surface area (Å²) in [6.45, 7) is 5.41. The summed E-state index contributed by atoms with van der Waals surface area (Å²) in [7, 11) is 0. The Morgan fingerprint density at radius 1 is 1.04 bits per heavy atom. The zero-order valence-electron chi connectivity index (χ0n) is 13.7. The first-order valence-electron chi connectivity index (χ1n) is 7.47. The molecule has 2 aromatic rings. The number of rotatable bonds is 4. The number of benzene rings is 2. The van der Waals surface area contributed by atoms with E-state index >= 15 is 0 Å². The van der Waals surface area contributed by atoms with Crippen LogP contribution in [0.3, 0.4) is 0 Å². The highest BCUT2D eigenvalue weighted by Crippen LogP contribution is 2.21. The molecule has 0 spiro atoms. The van der Waals surface area contributed by atoms with Gasteiger partial charge in [0.25, 0.3) is 11.8 Å². The second-order valence-electron chi connectivity index (χ2n) is 5.38. The van der Waals surface area contributed by atoms with E-state index in [9.17, 15) is 14.0 Å². The molecule has 2 aromatic carbocycles. The number of ether oxygens (including phenoxy) is 1. The van der Waals surface area contributed by atoms with Crippen LogP contribution >= 0.6 is 0 Å². The van der Waals surface area contributed by atoms with E-state index in [0.717, 1.165) is 11.1 Å². The molecular weight excluding hydrogens is 311 g/mol. The zero-order valence-corrected chi connectivity index (χ0v) is 13.7. The molecule has 0 unspecified atom stereocenters. The van der Waals surface area contributed by atoms with E-state index in [4.69, 9.17) is 4.74 Å². The van der Waals surface area contributed by atoms with Gasteiger partial charge < -0.3 is 4.74 Å². The monoisotopic (exact) mass is 330 g/mol. The van der Waals surface area contributed by atoms with Crippen LogP contribution in [0.1, 0.15) is 28.4 Å². The Morgan fingerprint density at radius 2 is 1.75 bits per heavy atom. The van der Waals surface area contributed by atoms with Gasteiger partial charge in [-0.2, -0.15) is 0 Å². The molecule has 2 amide bonds. The smallest absolute Gasteiger partial charge is 0.279 e. The Bertz CT molecular complexity index is 762. The minimum Gasteiger partial charge on any atom is -0.481 e. The molecule has 1 atom stereocenters. The summed E-state index contributed by atoms with van der Waals surface area (Å²) >= 11 is 0. The van der Waals surface area contributed by atoms with E-state index in [1.807, 2.05) is 26.0 Å². The van der Waals surface area contributed by atoms with Crippen LogP contribution in [0.4, 0.5) is 4.39 Å². The third-order valence-electron chi connectivity index (χ3n) is 3.65. The second-order valence-corrected chi connectivity index (χ2v) is 5.38. The third kappa shape index (κ3) is 4.10. The lowest BCUT2D eigenvalue weighted by Gasteiger charge is -2.17. The largest absolute Gasteiger partial charge is 0.481 e. The Hall–Kier alpha value is -2.89. The van der Waals surface area contributed by atoms with E-state index in [0.29, 0.717) is 5.75 Å². The summed E-state index contributed by atoms with van der Waals surface area (Å²) in [6.07, 6.45) is -0.827. The van der Waals surface area contributed by atoms with E-state index in [1.54, 1.807) is 13.0 Å². The van der Waals surface area contributed by atoms with Crippen molar-refractivity contribution < 1.29 is 18.7 Å². The fraction of sp³-hybridized carbons (Fsp3) is 0.222. The molecule has 0 aromatic heterocycles. The van der Waals surface area contributed by atoms with Crippen LogP contribution < -0.4 is 15.6 Å². The highest BCUT2D eigenvalue weighted by molar-refractivity contribution is 5.95. The van der Waals surface area contributed by atoms with E-state index in [2.05, 4.69) is 10.9 Å². The Labute approximate surface area is 139 Å². The predicted molar refractivity (Wildman–Crippen MR) is 88.0 cm³/mol. The second kappa shape index (κ2) is 7.59. The van der Waals surface area contributed by atoms with Crippen molar-refractivity contribution >= 4 is 11.8 Å². The number of carbonyl (C=O) groups excluding carboxylic acids is 2. The molecule has 0 fully saturated rings. The van der Waals surface area contributed by atoms with Crippen LogP contribution in [0.15, 0.2) is 42.5 Å². The lowest BCUT2D eigenvalue weighted by molar-refractivity contribution is -0.128. The fourth-order valence-electron chi connectivity index (χ4n) is 2.03. The molecule has 0 aliphatic heterocycles. The number of hydrogen-bond acceptors (Lipinski definition) is 3. The summed E-state index contributed by atoms with van der Waals surface area (Å²) in [5.41, 5.74) is 6.24. The first-order chi connectivity index (χ1) is 11.4. The molecule has 126 valence electrons. The highest BCUT2D eigenvalue weighted by atomic mass is 19.1. The summed E-state index contributed by atoms with van der Waals surface area (Å²) in [5.74, 6) is -1.34. The maximum atomic E-state index is 13.5. The lowest BCUT2D eigenvalue weighted by atomic mass is 10.1. The molecule has 2 N–H and O–H groups in total. The van der Waals surface area contributed by atoms with Gasteiger partial charge in [-0.05, 0) is 50.1 Å². The molecule has 0 aliphatic carbocycles. The van der Waals surface area contributed by atoms with Gasteiger partial charge in [-0.15, -0.1) is 0 Å². The molecule has 6 heteroatoms. The summed E-state index contributed by atoms with van der Waals surface area (Å²) in [4.78, 5) is 23.9. The number of aryl methyl sites for hydroxylation is 1. The summed E-state index contributed by atoms with van der Waals surface area (Å²) in [6, 6.07) is 11.1. The zero-order chi connectivity index (χ0) is 17.7. The Morgan fingerprint density at radius 3 is 2.46 bits per heavy atom. The van der Waals surface area contributed by atoms with Crippen LogP contribution in [0.2, 0.25) is 0 Å². The van der Waals surface area contributed by atoms with Gasteiger partial charge in [0.15, 0.2) is 6.10 Å². The van der Waals surface area contributed by atoms with Crippen molar-refractivity contribution in [3.05, 3.63) is 65.0 Å². The Kier molecular flexibility index (Phi) is 5.52. The van der Waals surface area contributed by atoms with Gasteiger partial charge in [0.2, 0.25) is 0 Å². The van der Waals surface area contributed by atoms with E-state index < -0.39 is 23.7 Å². The third-order valence-corrected chi connectivity index (χ3v) is 3.65. The molecule has 0 heterocycles. The van der Waals surface area contributed by atoms with Crippen molar-refractivity contribution in [1.82, 2.24) is 10.9 Å². The number of carbonyl (C=O) groups is 2. The van der Waals surface area contributed by atoms with Crippen LogP contribution in [0.5, 0.6) is 5.75 Å². The maximum Gasteiger partial charge on any atom is 0.279 e. The molecule has 24 heavy (non-hydrogen) atoms. The Balaban J connectivity index is 1.93. The fourth-order valence-corrected chi connectivity index (χ4v) is 2.03. The molecular formula is C18H19FN2O3. The van der Waals surface area contributed by atoms with Crippen molar-refractivity contribution in [2.45, 2.75) is 26.9 Å². The summed E-state index contributed by atoms with van der Waals surface area (Å²) in [5, 5.41) is 0. The number of hydrogen-bond donors (Lipinski definition) is 2. The van der Waals surface area contributed by atoms with Gasteiger partial charge in [0.1, 0.15) is 11.6 Å². The van der Waals surface area contributed by atoms with Gasteiger partial charge in [-0.25, -0.2) is 4.39 Å². The molecule has 0 aliphatic rings. The average Bonchev–Trinajstić information content (AvgIpc) is 2.56. The quantitative estimate of drug-likeness (QED) is 0.847. The van der Waals surface area contributed by atoms with Gasteiger partial charge in [-0.1, -0.05) is 24.3 Å². The van der Waals surface area contributed by atoms with Gasteiger partial charge in [0, 0.05) is 0 Å². The van der Waals surface area contributed by atoms with Crippen molar-refractivity contribution in [3.8, 4) is 5.75 Å². The SMILES string of the molecule is Cc1cccc(O[C@@H](C)C(=O)NNC(=O)c2ccccc2F)c1C. The molecule has 5 nitrogen and oxygen atoms in total. The molecule has 0 saturated heterocycles. The number of hydrazine groups is 1. The van der Waals surface area contributed by atoms with Crippen molar-refractivity contribution in [1.29, 1.82) is 0 Å². The van der Waals surface area contributed by atoms with Gasteiger partial charge >= 0.3 is 0 Å². The van der Waals surface area contributed by atoms with Crippen LogP contribution in [0, 0.1) is 19.7 Å². The van der Waals surface area contributed by atoms with Crippen LogP contribution in [0.25, 0.3) is 0 Å². The minimum atomic E-state index is -0.827. The standard InChI is InChI=1S/C18H19FN2O3/c1-11-7-6-10-16(12(11)2)24-13(3)17(22)20-21-18(23)14-8-4-5-9-15(14)19/h4-10,13H,1-3H3,(H,20,22)(H,21,23)/t13-/m0/s1. The highest BCUT2D eigenvalue weighted by Gasteiger charge is 2.18. The topological polar surface area (TPSA) is 67.4 Å². The van der Waals surface area contributed by atoms with E-state index in [-0.39, 0.29) is 5.56 Å².